The summed E-state index contributed by atoms with van der Waals surface area (Å²) in [6, 6.07) is 12.7. The van der Waals surface area contributed by atoms with Gasteiger partial charge in [0.25, 0.3) is 10.0 Å². The van der Waals surface area contributed by atoms with Crippen LogP contribution in [0.5, 0.6) is 0 Å². The van der Waals surface area contributed by atoms with E-state index in [1.54, 1.807) is 25.1 Å². The number of hydrogen-bond donors (Lipinski definition) is 2. The van der Waals surface area contributed by atoms with Crippen molar-refractivity contribution in [3.05, 3.63) is 59.2 Å². The lowest BCUT2D eigenvalue weighted by molar-refractivity contribution is 0.587. The zero-order chi connectivity index (χ0) is 14.8. The molecule has 2 rings (SSSR count). The number of rotatable bonds is 4. The molecule has 5 heteroatoms. The van der Waals surface area contributed by atoms with Gasteiger partial charge in [-0.15, -0.1) is 4.83 Å². The average molecular weight is 290 g/mol. The van der Waals surface area contributed by atoms with Crippen LogP contribution < -0.4 is 10.3 Å². The molecule has 0 bridgehead atoms. The maximum atomic E-state index is 12.3. The van der Waals surface area contributed by atoms with Crippen LogP contribution in [0.3, 0.4) is 0 Å². The Kier molecular flexibility index (Phi) is 4.11. The molecule has 20 heavy (non-hydrogen) atoms. The maximum Gasteiger partial charge on any atom is 0.257 e. The zero-order valence-corrected chi connectivity index (χ0v) is 12.6. The molecule has 0 heterocycles. The van der Waals surface area contributed by atoms with Crippen molar-refractivity contribution < 1.29 is 8.42 Å². The van der Waals surface area contributed by atoms with Crippen LogP contribution >= 0.6 is 0 Å². The van der Waals surface area contributed by atoms with E-state index in [-0.39, 0.29) is 0 Å². The third-order valence-corrected chi connectivity index (χ3v) is 4.57. The quantitative estimate of drug-likeness (QED) is 0.851. The molecule has 0 amide bonds. The van der Waals surface area contributed by atoms with Gasteiger partial charge in [0.1, 0.15) is 0 Å². The number of aryl methyl sites for hydroxylation is 3. The number of nitrogens with one attached hydrogen (secondary N) is 2. The molecule has 0 spiro atoms. The molecule has 106 valence electrons. The lowest BCUT2D eigenvalue weighted by Crippen LogP contribution is -2.30. The Morgan fingerprint density at radius 3 is 2.10 bits per heavy atom. The van der Waals surface area contributed by atoms with Gasteiger partial charge >= 0.3 is 0 Å². The topological polar surface area (TPSA) is 58.2 Å². The summed E-state index contributed by atoms with van der Waals surface area (Å²) in [6.07, 6.45) is 0. The van der Waals surface area contributed by atoms with Crippen LogP contribution in [-0.4, -0.2) is 8.42 Å². The molecule has 0 saturated carbocycles. The number of sulfonamides is 1. The van der Waals surface area contributed by atoms with Crippen molar-refractivity contribution in [1.29, 1.82) is 0 Å². The Bertz CT molecular complexity index is 710. The Hall–Kier alpha value is -1.85. The van der Waals surface area contributed by atoms with Gasteiger partial charge in [-0.2, -0.15) is 0 Å². The smallest absolute Gasteiger partial charge is 0.257 e. The number of hydrogen-bond acceptors (Lipinski definition) is 3. The minimum absolute atomic E-state index is 0.295. The summed E-state index contributed by atoms with van der Waals surface area (Å²) in [6.45, 7) is 5.66. The fourth-order valence-electron chi connectivity index (χ4n) is 1.93. The van der Waals surface area contributed by atoms with Crippen LogP contribution in [0.15, 0.2) is 47.4 Å². The van der Waals surface area contributed by atoms with Gasteiger partial charge in [-0.3, -0.25) is 0 Å². The molecule has 0 saturated heterocycles. The van der Waals surface area contributed by atoms with Crippen molar-refractivity contribution >= 4 is 15.7 Å². The fourth-order valence-corrected chi connectivity index (χ4v) is 3.10. The second-order valence-corrected chi connectivity index (χ2v) is 6.45. The molecule has 2 aromatic carbocycles. The molecule has 0 atom stereocenters. The highest BCUT2D eigenvalue weighted by Crippen LogP contribution is 2.20. The molecular formula is C15H18N2O2S. The first-order valence-corrected chi connectivity index (χ1v) is 7.79. The zero-order valence-electron chi connectivity index (χ0n) is 11.8. The summed E-state index contributed by atoms with van der Waals surface area (Å²) in [5.74, 6) is 0. The Morgan fingerprint density at radius 1 is 0.850 bits per heavy atom. The number of para-hydroxylation sites is 1. The first-order valence-electron chi connectivity index (χ1n) is 6.31. The summed E-state index contributed by atoms with van der Waals surface area (Å²) in [7, 11) is -3.59. The molecule has 0 radical (unpaired) electrons. The Balaban J connectivity index is 2.25. The van der Waals surface area contributed by atoms with Crippen LogP contribution in [0, 0.1) is 20.8 Å². The van der Waals surface area contributed by atoms with Crippen LogP contribution in [0.2, 0.25) is 0 Å². The van der Waals surface area contributed by atoms with Crippen molar-refractivity contribution in [3.8, 4) is 0 Å². The van der Waals surface area contributed by atoms with Gasteiger partial charge in [-0.1, -0.05) is 24.3 Å². The monoisotopic (exact) mass is 290 g/mol. The predicted octanol–water partition coefficient (Wildman–Crippen LogP) is 2.92. The first kappa shape index (κ1) is 14.6. The summed E-state index contributed by atoms with van der Waals surface area (Å²) < 4.78 is 24.6. The van der Waals surface area contributed by atoms with Crippen molar-refractivity contribution in [1.82, 2.24) is 4.83 Å². The molecular weight excluding hydrogens is 272 g/mol. The summed E-state index contributed by atoms with van der Waals surface area (Å²) in [5, 5.41) is 0. The number of hydrazine groups is 1. The van der Waals surface area contributed by atoms with Crippen molar-refractivity contribution in [2.45, 2.75) is 25.7 Å². The lowest BCUT2D eigenvalue weighted by Gasteiger charge is -2.13. The van der Waals surface area contributed by atoms with Crippen molar-refractivity contribution in [2.75, 3.05) is 5.43 Å². The highest BCUT2D eigenvalue weighted by Gasteiger charge is 2.17. The minimum Gasteiger partial charge on any atom is -0.308 e. The minimum atomic E-state index is -3.59. The second-order valence-electron chi connectivity index (χ2n) is 4.80. The summed E-state index contributed by atoms with van der Waals surface area (Å²) in [5.41, 5.74) is 6.17. The molecule has 0 aromatic heterocycles. The third kappa shape index (κ3) is 3.18. The van der Waals surface area contributed by atoms with E-state index in [4.69, 9.17) is 0 Å². The largest absolute Gasteiger partial charge is 0.308 e. The normalized spacial score (nSPS) is 11.3. The third-order valence-electron chi connectivity index (χ3n) is 3.18. The summed E-state index contributed by atoms with van der Waals surface area (Å²) >= 11 is 0. The van der Waals surface area contributed by atoms with E-state index in [0.717, 1.165) is 16.7 Å². The highest BCUT2D eigenvalue weighted by molar-refractivity contribution is 7.89. The molecule has 2 aromatic rings. The van der Waals surface area contributed by atoms with Gasteiger partial charge in [0.05, 0.1) is 4.90 Å². The van der Waals surface area contributed by atoms with E-state index in [1.165, 1.54) is 0 Å². The maximum absolute atomic E-state index is 12.3. The molecule has 0 aliphatic rings. The molecule has 4 nitrogen and oxygen atoms in total. The van der Waals surface area contributed by atoms with E-state index in [1.807, 2.05) is 38.1 Å². The van der Waals surface area contributed by atoms with Crippen LogP contribution in [0.4, 0.5) is 5.69 Å². The number of anilines is 1. The van der Waals surface area contributed by atoms with Crippen LogP contribution in [-0.2, 0) is 10.0 Å². The van der Waals surface area contributed by atoms with E-state index in [9.17, 15) is 8.42 Å². The van der Waals surface area contributed by atoms with Gasteiger partial charge in [0.2, 0.25) is 0 Å². The fraction of sp³-hybridized carbons (Fsp3) is 0.200. The van der Waals surface area contributed by atoms with Gasteiger partial charge in [-0.25, -0.2) is 8.42 Å². The van der Waals surface area contributed by atoms with Gasteiger partial charge in [-0.05, 0) is 55.7 Å². The second kappa shape index (κ2) is 5.64. The standard InChI is InChI=1S/C15H18N2O2S/c1-11-9-13(3)15(10-12(11)2)20(18,19)17-16-14-7-5-4-6-8-14/h4-10,16-17H,1-3H3. The average Bonchev–Trinajstić information content (AvgIpc) is 2.42. The van der Waals surface area contributed by atoms with Crippen LogP contribution in [0.1, 0.15) is 16.7 Å². The van der Waals surface area contributed by atoms with Gasteiger partial charge in [0, 0.05) is 5.69 Å². The van der Waals surface area contributed by atoms with Crippen molar-refractivity contribution in [2.24, 2.45) is 0 Å². The molecule has 0 aliphatic carbocycles. The van der Waals surface area contributed by atoms with Crippen molar-refractivity contribution in [3.63, 3.8) is 0 Å². The summed E-state index contributed by atoms with van der Waals surface area (Å²) in [4.78, 5) is 2.70. The molecule has 0 aliphatic heterocycles. The highest BCUT2D eigenvalue weighted by atomic mass is 32.2. The predicted molar refractivity (Wildman–Crippen MR) is 81.0 cm³/mol. The van der Waals surface area contributed by atoms with Gasteiger partial charge in [0.15, 0.2) is 0 Å². The SMILES string of the molecule is Cc1cc(C)c(S(=O)(=O)NNc2ccccc2)cc1C. The van der Waals surface area contributed by atoms with E-state index < -0.39 is 10.0 Å². The molecule has 0 fully saturated rings. The van der Waals surface area contributed by atoms with Gasteiger partial charge < -0.3 is 5.43 Å². The van der Waals surface area contributed by atoms with Crippen LogP contribution in [0.25, 0.3) is 0 Å². The van der Waals surface area contributed by atoms with E-state index >= 15 is 0 Å². The first-order chi connectivity index (χ1) is 9.40. The molecule has 2 N–H and O–H groups in total. The van der Waals surface area contributed by atoms with E-state index in [2.05, 4.69) is 10.3 Å². The Labute approximate surface area is 119 Å². The van der Waals surface area contributed by atoms with E-state index in [0.29, 0.717) is 10.6 Å². The number of benzene rings is 2. The Morgan fingerprint density at radius 2 is 1.45 bits per heavy atom. The molecule has 0 unspecified atom stereocenters. The lowest BCUT2D eigenvalue weighted by atomic mass is 10.1.